The molecule has 126 valence electrons. The Hall–Kier alpha value is -3.61. The summed E-state index contributed by atoms with van der Waals surface area (Å²) in [6, 6.07) is 10.3. The first-order chi connectivity index (χ1) is 12.2. The molecule has 0 aliphatic heterocycles. The molecule has 3 N–H and O–H groups in total. The first-order valence-corrected chi connectivity index (χ1v) is 7.59. The molecule has 7 heteroatoms. The van der Waals surface area contributed by atoms with Gasteiger partial charge in [0.1, 0.15) is 5.70 Å². The molecule has 7 nitrogen and oxygen atoms in total. The molecule has 0 unspecified atom stereocenters. The van der Waals surface area contributed by atoms with Gasteiger partial charge in [-0.05, 0) is 42.0 Å². The van der Waals surface area contributed by atoms with Crippen LogP contribution in [0.4, 0.5) is 0 Å². The minimum absolute atomic E-state index is 0.104. The van der Waals surface area contributed by atoms with Crippen LogP contribution in [0.5, 0.6) is 0 Å². The average molecular weight is 336 g/mol. The van der Waals surface area contributed by atoms with Crippen molar-refractivity contribution in [3.8, 4) is 0 Å². The summed E-state index contributed by atoms with van der Waals surface area (Å²) in [7, 11) is 0. The van der Waals surface area contributed by atoms with Crippen molar-refractivity contribution in [3.63, 3.8) is 0 Å². The second-order valence-electron chi connectivity index (χ2n) is 5.16. The fourth-order valence-corrected chi connectivity index (χ4v) is 2.12. The molecule has 0 fully saturated rings. The molecule has 0 spiro atoms. The van der Waals surface area contributed by atoms with E-state index in [-0.39, 0.29) is 11.5 Å². The molecule has 0 radical (unpaired) electrons. The van der Waals surface area contributed by atoms with Crippen LogP contribution in [-0.2, 0) is 11.3 Å². The number of pyridine rings is 1. The number of rotatable bonds is 6. The quantitative estimate of drug-likeness (QED) is 0.600. The number of H-pyrrole nitrogens is 1. The number of aromatic nitrogens is 2. The molecule has 0 saturated carbocycles. The van der Waals surface area contributed by atoms with Crippen LogP contribution in [0.2, 0.25) is 0 Å². The van der Waals surface area contributed by atoms with E-state index in [2.05, 4.69) is 20.6 Å². The van der Waals surface area contributed by atoms with Crippen molar-refractivity contribution in [3.05, 3.63) is 84.0 Å². The summed E-state index contributed by atoms with van der Waals surface area (Å²) in [5, 5.41) is 5.33. The standard InChI is InChI=1S/C18H16N4O3/c23-17(21-12-13-4-1-7-19-11-13)15(10-14-5-2-8-20-14)22-18(24)16-6-3-9-25-16/h1-11,20H,12H2,(H,21,23)(H,22,24)/b15-10+. The zero-order chi connectivity index (χ0) is 17.5. The van der Waals surface area contributed by atoms with Crippen LogP contribution < -0.4 is 10.6 Å². The number of carbonyl (C=O) groups excluding carboxylic acids is 2. The molecule has 0 aliphatic carbocycles. The van der Waals surface area contributed by atoms with Gasteiger partial charge in [0.25, 0.3) is 11.8 Å². The molecule has 0 bridgehead atoms. The lowest BCUT2D eigenvalue weighted by atomic mass is 10.2. The third kappa shape index (κ3) is 4.44. The third-order valence-electron chi connectivity index (χ3n) is 3.34. The summed E-state index contributed by atoms with van der Waals surface area (Å²) in [6.07, 6.45) is 8.00. The normalized spacial score (nSPS) is 11.1. The van der Waals surface area contributed by atoms with Crippen LogP contribution in [0.3, 0.4) is 0 Å². The number of hydrogen-bond acceptors (Lipinski definition) is 4. The van der Waals surface area contributed by atoms with Gasteiger partial charge in [-0.3, -0.25) is 14.6 Å². The number of carbonyl (C=O) groups is 2. The third-order valence-corrected chi connectivity index (χ3v) is 3.34. The van der Waals surface area contributed by atoms with E-state index in [9.17, 15) is 9.59 Å². The van der Waals surface area contributed by atoms with Crippen LogP contribution in [0.1, 0.15) is 21.8 Å². The van der Waals surface area contributed by atoms with E-state index < -0.39 is 11.8 Å². The first-order valence-electron chi connectivity index (χ1n) is 7.59. The molecule has 3 rings (SSSR count). The number of amides is 2. The Labute approximate surface area is 143 Å². The van der Waals surface area contributed by atoms with E-state index in [1.165, 1.54) is 12.3 Å². The second kappa shape index (κ2) is 7.78. The first kappa shape index (κ1) is 16.3. The molecule has 0 saturated heterocycles. The maximum Gasteiger partial charge on any atom is 0.291 e. The number of aromatic amines is 1. The Bertz CT molecular complexity index is 853. The van der Waals surface area contributed by atoms with Gasteiger partial charge in [-0.1, -0.05) is 6.07 Å². The maximum atomic E-state index is 12.5. The molecule has 0 aliphatic rings. The smallest absolute Gasteiger partial charge is 0.291 e. The van der Waals surface area contributed by atoms with Crippen molar-refractivity contribution in [1.29, 1.82) is 0 Å². The Kier molecular flexibility index (Phi) is 5.06. The van der Waals surface area contributed by atoms with E-state index in [4.69, 9.17) is 4.42 Å². The van der Waals surface area contributed by atoms with Crippen molar-refractivity contribution in [1.82, 2.24) is 20.6 Å². The molecule has 0 aromatic carbocycles. The predicted octanol–water partition coefficient (Wildman–Crippen LogP) is 2.09. The van der Waals surface area contributed by atoms with Crippen molar-refractivity contribution in [2.45, 2.75) is 6.54 Å². The van der Waals surface area contributed by atoms with Gasteiger partial charge in [0, 0.05) is 30.8 Å². The number of nitrogens with one attached hydrogen (secondary N) is 3. The van der Waals surface area contributed by atoms with Crippen molar-refractivity contribution < 1.29 is 14.0 Å². The van der Waals surface area contributed by atoms with E-state index >= 15 is 0 Å². The largest absolute Gasteiger partial charge is 0.459 e. The Morgan fingerprint density at radius 2 is 2.12 bits per heavy atom. The summed E-state index contributed by atoms with van der Waals surface area (Å²) < 4.78 is 5.05. The van der Waals surface area contributed by atoms with E-state index in [1.54, 1.807) is 48.9 Å². The number of nitrogens with zero attached hydrogens (tertiary/aromatic N) is 1. The highest BCUT2D eigenvalue weighted by molar-refractivity contribution is 6.04. The monoisotopic (exact) mass is 336 g/mol. The van der Waals surface area contributed by atoms with Gasteiger partial charge >= 0.3 is 0 Å². The van der Waals surface area contributed by atoms with Gasteiger partial charge < -0.3 is 20.0 Å². The van der Waals surface area contributed by atoms with Crippen molar-refractivity contribution in [2.24, 2.45) is 0 Å². The van der Waals surface area contributed by atoms with E-state index in [1.807, 2.05) is 6.07 Å². The van der Waals surface area contributed by atoms with Crippen LogP contribution >= 0.6 is 0 Å². The zero-order valence-electron chi connectivity index (χ0n) is 13.2. The zero-order valence-corrected chi connectivity index (χ0v) is 13.2. The highest BCUT2D eigenvalue weighted by atomic mass is 16.3. The summed E-state index contributed by atoms with van der Waals surface area (Å²) in [5.41, 5.74) is 1.64. The van der Waals surface area contributed by atoms with Gasteiger partial charge in [0.2, 0.25) is 0 Å². The van der Waals surface area contributed by atoms with E-state index in [0.717, 1.165) is 5.56 Å². The van der Waals surface area contributed by atoms with Crippen LogP contribution in [0.25, 0.3) is 6.08 Å². The number of hydrogen-bond donors (Lipinski definition) is 3. The minimum Gasteiger partial charge on any atom is -0.459 e. The Morgan fingerprint density at radius 1 is 1.20 bits per heavy atom. The van der Waals surface area contributed by atoms with Crippen LogP contribution in [0, 0.1) is 0 Å². The number of furan rings is 1. The minimum atomic E-state index is -0.501. The highest BCUT2D eigenvalue weighted by Gasteiger charge is 2.16. The summed E-state index contributed by atoms with van der Waals surface area (Å²) >= 11 is 0. The fraction of sp³-hybridized carbons (Fsp3) is 0.0556. The lowest BCUT2D eigenvalue weighted by Gasteiger charge is -2.10. The molecule has 3 heterocycles. The second-order valence-corrected chi connectivity index (χ2v) is 5.16. The lowest BCUT2D eigenvalue weighted by molar-refractivity contribution is -0.117. The average Bonchev–Trinajstić information content (AvgIpc) is 3.33. The fourth-order valence-electron chi connectivity index (χ4n) is 2.12. The van der Waals surface area contributed by atoms with Gasteiger partial charge in [0.15, 0.2) is 5.76 Å². The van der Waals surface area contributed by atoms with Crippen LogP contribution in [-0.4, -0.2) is 21.8 Å². The molecule has 2 amide bonds. The highest BCUT2D eigenvalue weighted by Crippen LogP contribution is 2.06. The Balaban J connectivity index is 1.73. The molecule has 3 aromatic heterocycles. The molecular weight excluding hydrogens is 320 g/mol. The predicted molar refractivity (Wildman–Crippen MR) is 91.0 cm³/mol. The molecule has 25 heavy (non-hydrogen) atoms. The van der Waals surface area contributed by atoms with Gasteiger partial charge in [0.05, 0.1) is 6.26 Å². The topological polar surface area (TPSA) is 100 Å². The maximum absolute atomic E-state index is 12.5. The lowest BCUT2D eigenvalue weighted by Crippen LogP contribution is -2.34. The summed E-state index contributed by atoms with van der Waals surface area (Å²) in [4.78, 5) is 31.6. The van der Waals surface area contributed by atoms with E-state index in [0.29, 0.717) is 12.2 Å². The molecule has 3 aromatic rings. The Morgan fingerprint density at radius 3 is 2.80 bits per heavy atom. The molecule has 0 atom stereocenters. The van der Waals surface area contributed by atoms with Gasteiger partial charge in [-0.2, -0.15) is 0 Å². The van der Waals surface area contributed by atoms with Crippen molar-refractivity contribution in [2.75, 3.05) is 0 Å². The summed E-state index contributed by atoms with van der Waals surface area (Å²) in [6.45, 7) is 0.297. The molecular formula is C18H16N4O3. The SMILES string of the molecule is O=C(NCc1cccnc1)/C(=C\c1ccc[nH]1)NC(=O)c1ccco1. The van der Waals surface area contributed by atoms with Crippen LogP contribution in [0.15, 0.2) is 71.4 Å². The van der Waals surface area contributed by atoms with Gasteiger partial charge in [-0.15, -0.1) is 0 Å². The van der Waals surface area contributed by atoms with Gasteiger partial charge in [-0.25, -0.2) is 0 Å². The summed E-state index contributed by atoms with van der Waals surface area (Å²) in [5.74, 6) is -0.796. The van der Waals surface area contributed by atoms with Crippen molar-refractivity contribution >= 4 is 17.9 Å².